The first-order valence-corrected chi connectivity index (χ1v) is 9.17. The SMILES string of the molecule is CS(=O)(=O)N1CCN(CC2CCCCCC2O)CC1. The molecule has 112 valence electrons. The Morgan fingerprint density at radius 1 is 1.05 bits per heavy atom. The summed E-state index contributed by atoms with van der Waals surface area (Å²) in [6.45, 7) is 3.66. The molecule has 2 rings (SSSR count). The first-order chi connectivity index (χ1) is 8.97. The topological polar surface area (TPSA) is 60.9 Å². The predicted molar refractivity (Wildman–Crippen MR) is 75.4 cm³/mol. The smallest absolute Gasteiger partial charge is 0.211 e. The van der Waals surface area contributed by atoms with Gasteiger partial charge >= 0.3 is 0 Å². The fourth-order valence-corrected chi connectivity index (χ4v) is 3.98. The van der Waals surface area contributed by atoms with Crippen LogP contribution in [0.5, 0.6) is 0 Å². The maximum atomic E-state index is 11.4. The number of sulfonamides is 1. The number of aliphatic hydroxyl groups excluding tert-OH is 1. The van der Waals surface area contributed by atoms with Crippen LogP contribution in [-0.2, 0) is 10.0 Å². The minimum absolute atomic E-state index is 0.171. The van der Waals surface area contributed by atoms with Crippen molar-refractivity contribution in [2.45, 2.75) is 38.2 Å². The summed E-state index contributed by atoms with van der Waals surface area (Å²) < 4.78 is 24.4. The Bertz CT molecular complexity index is 377. The van der Waals surface area contributed by atoms with Crippen LogP contribution >= 0.6 is 0 Å². The lowest BCUT2D eigenvalue weighted by atomic mass is 9.96. The van der Waals surface area contributed by atoms with Gasteiger partial charge in [0.1, 0.15) is 0 Å². The lowest BCUT2D eigenvalue weighted by molar-refractivity contribution is 0.0639. The van der Waals surface area contributed by atoms with Crippen LogP contribution in [0.25, 0.3) is 0 Å². The second kappa shape index (κ2) is 6.52. The molecule has 0 bridgehead atoms. The minimum atomic E-state index is -3.04. The first kappa shape index (κ1) is 15.2. The zero-order valence-electron chi connectivity index (χ0n) is 11.8. The molecular weight excluding hydrogens is 264 g/mol. The maximum Gasteiger partial charge on any atom is 0.211 e. The Morgan fingerprint density at radius 3 is 2.32 bits per heavy atom. The summed E-state index contributed by atoms with van der Waals surface area (Å²) in [4.78, 5) is 2.31. The van der Waals surface area contributed by atoms with Crippen LogP contribution in [0.1, 0.15) is 32.1 Å². The van der Waals surface area contributed by atoms with Crippen LogP contribution in [0.2, 0.25) is 0 Å². The second-order valence-corrected chi connectivity index (χ2v) is 7.91. The van der Waals surface area contributed by atoms with Crippen molar-refractivity contribution in [2.75, 3.05) is 39.0 Å². The summed E-state index contributed by atoms with van der Waals surface area (Å²) in [7, 11) is -3.04. The lowest BCUT2D eigenvalue weighted by Crippen LogP contribution is -2.50. The van der Waals surface area contributed by atoms with Crippen molar-refractivity contribution in [2.24, 2.45) is 5.92 Å². The molecule has 0 amide bonds. The first-order valence-electron chi connectivity index (χ1n) is 7.32. The molecular formula is C13H26N2O3S. The molecule has 2 aliphatic rings. The van der Waals surface area contributed by atoms with E-state index >= 15 is 0 Å². The normalized spacial score (nSPS) is 32.1. The van der Waals surface area contributed by atoms with Gasteiger partial charge in [-0.2, -0.15) is 4.31 Å². The highest BCUT2D eigenvalue weighted by Crippen LogP contribution is 2.24. The van der Waals surface area contributed by atoms with Crippen molar-refractivity contribution in [1.29, 1.82) is 0 Å². The van der Waals surface area contributed by atoms with Gasteiger partial charge in [-0.1, -0.05) is 19.3 Å². The van der Waals surface area contributed by atoms with Gasteiger partial charge in [-0.05, 0) is 18.8 Å². The van der Waals surface area contributed by atoms with Gasteiger partial charge in [-0.25, -0.2) is 8.42 Å². The van der Waals surface area contributed by atoms with Gasteiger partial charge in [-0.15, -0.1) is 0 Å². The number of rotatable bonds is 3. The van der Waals surface area contributed by atoms with Gasteiger partial charge < -0.3 is 10.0 Å². The van der Waals surface area contributed by atoms with Gasteiger partial charge in [-0.3, -0.25) is 0 Å². The molecule has 6 heteroatoms. The summed E-state index contributed by atoms with van der Waals surface area (Å²) in [6.07, 6.45) is 6.72. The molecule has 0 spiro atoms. The van der Waals surface area contributed by atoms with Crippen molar-refractivity contribution < 1.29 is 13.5 Å². The molecule has 2 atom stereocenters. The molecule has 2 unspecified atom stereocenters. The highest BCUT2D eigenvalue weighted by atomic mass is 32.2. The summed E-state index contributed by atoms with van der Waals surface area (Å²) >= 11 is 0. The number of aliphatic hydroxyl groups is 1. The lowest BCUT2D eigenvalue weighted by Gasteiger charge is -2.36. The van der Waals surface area contributed by atoms with Crippen LogP contribution in [0.4, 0.5) is 0 Å². The third-order valence-corrected chi connectivity index (χ3v) is 5.72. The summed E-state index contributed by atoms with van der Waals surface area (Å²) in [5, 5.41) is 10.1. The Labute approximate surface area is 116 Å². The molecule has 1 saturated carbocycles. The van der Waals surface area contributed by atoms with E-state index in [1.54, 1.807) is 4.31 Å². The van der Waals surface area contributed by atoms with E-state index in [0.717, 1.165) is 38.9 Å². The fourth-order valence-electron chi connectivity index (χ4n) is 3.15. The Hall–Kier alpha value is -0.170. The molecule has 19 heavy (non-hydrogen) atoms. The van der Waals surface area contributed by atoms with Crippen LogP contribution in [0.3, 0.4) is 0 Å². The minimum Gasteiger partial charge on any atom is -0.393 e. The monoisotopic (exact) mass is 290 g/mol. The third-order valence-electron chi connectivity index (χ3n) is 4.41. The van der Waals surface area contributed by atoms with E-state index in [2.05, 4.69) is 4.90 Å². The van der Waals surface area contributed by atoms with Crippen molar-refractivity contribution in [3.05, 3.63) is 0 Å². The molecule has 1 aliphatic carbocycles. The van der Waals surface area contributed by atoms with Gasteiger partial charge in [0.05, 0.1) is 12.4 Å². The summed E-state index contributed by atoms with van der Waals surface area (Å²) in [5.41, 5.74) is 0. The quantitative estimate of drug-likeness (QED) is 0.769. The summed E-state index contributed by atoms with van der Waals surface area (Å²) in [6, 6.07) is 0. The molecule has 5 nitrogen and oxygen atoms in total. The standard InChI is InChI=1S/C13H26N2O3S/c1-19(17,18)15-9-7-14(8-10-15)11-12-5-3-2-4-6-13(12)16/h12-13,16H,2-11H2,1H3. The van der Waals surface area contributed by atoms with Gasteiger partial charge in [0.15, 0.2) is 0 Å². The molecule has 1 saturated heterocycles. The molecule has 0 radical (unpaired) electrons. The predicted octanol–water partition coefficient (Wildman–Crippen LogP) is 0.505. The second-order valence-electron chi connectivity index (χ2n) is 5.93. The van der Waals surface area contributed by atoms with Crippen molar-refractivity contribution in [1.82, 2.24) is 9.21 Å². The Kier molecular flexibility index (Phi) is 5.22. The van der Waals surface area contributed by atoms with E-state index in [1.165, 1.54) is 19.1 Å². The zero-order valence-corrected chi connectivity index (χ0v) is 12.6. The Balaban J connectivity index is 1.81. The van der Waals surface area contributed by atoms with Crippen LogP contribution in [0, 0.1) is 5.92 Å². The number of hydrogen-bond acceptors (Lipinski definition) is 4. The van der Waals surface area contributed by atoms with Gasteiger partial charge in [0.2, 0.25) is 10.0 Å². The van der Waals surface area contributed by atoms with Crippen LogP contribution in [0.15, 0.2) is 0 Å². The zero-order chi connectivity index (χ0) is 13.9. The molecule has 0 aromatic rings. The van der Waals surface area contributed by atoms with E-state index in [0.29, 0.717) is 19.0 Å². The third kappa shape index (κ3) is 4.41. The fraction of sp³-hybridized carbons (Fsp3) is 1.00. The molecule has 1 N–H and O–H groups in total. The van der Waals surface area contributed by atoms with Crippen LogP contribution in [-0.4, -0.2) is 67.8 Å². The van der Waals surface area contributed by atoms with Crippen molar-refractivity contribution in [3.63, 3.8) is 0 Å². The Morgan fingerprint density at radius 2 is 1.68 bits per heavy atom. The van der Waals surface area contributed by atoms with E-state index in [4.69, 9.17) is 0 Å². The average Bonchev–Trinajstić information content (AvgIpc) is 2.55. The van der Waals surface area contributed by atoms with E-state index in [-0.39, 0.29) is 6.10 Å². The molecule has 2 fully saturated rings. The highest BCUT2D eigenvalue weighted by molar-refractivity contribution is 7.88. The largest absolute Gasteiger partial charge is 0.393 e. The molecule has 1 aliphatic heterocycles. The molecule has 0 aromatic heterocycles. The van der Waals surface area contributed by atoms with Gasteiger partial charge in [0.25, 0.3) is 0 Å². The highest BCUT2D eigenvalue weighted by Gasteiger charge is 2.28. The number of piperazine rings is 1. The number of hydrogen-bond donors (Lipinski definition) is 1. The maximum absolute atomic E-state index is 11.4. The van der Waals surface area contributed by atoms with E-state index in [1.807, 2.05) is 0 Å². The molecule has 0 aromatic carbocycles. The van der Waals surface area contributed by atoms with E-state index in [9.17, 15) is 13.5 Å². The average molecular weight is 290 g/mol. The van der Waals surface area contributed by atoms with Crippen LogP contribution < -0.4 is 0 Å². The van der Waals surface area contributed by atoms with E-state index < -0.39 is 10.0 Å². The number of nitrogens with zero attached hydrogens (tertiary/aromatic N) is 2. The van der Waals surface area contributed by atoms with Gasteiger partial charge in [0, 0.05) is 32.7 Å². The van der Waals surface area contributed by atoms with Crippen molar-refractivity contribution >= 4 is 10.0 Å². The summed E-state index contributed by atoms with van der Waals surface area (Å²) in [5.74, 6) is 0.368. The van der Waals surface area contributed by atoms with Crippen molar-refractivity contribution in [3.8, 4) is 0 Å². The molecule has 1 heterocycles.